The van der Waals surface area contributed by atoms with Gasteiger partial charge in [-0.2, -0.15) is 0 Å². The van der Waals surface area contributed by atoms with Crippen LogP contribution in [0.2, 0.25) is 5.02 Å². The van der Waals surface area contributed by atoms with Crippen molar-refractivity contribution in [3.8, 4) is 5.75 Å². The van der Waals surface area contributed by atoms with Gasteiger partial charge in [-0.1, -0.05) is 29.3 Å². The molecule has 142 valence electrons. The fourth-order valence-corrected chi connectivity index (χ4v) is 2.73. The van der Waals surface area contributed by atoms with Crippen LogP contribution in [0.3, 0.4) is 0 Å². The number of rotatable bonds is 5. The van der Waals surface area contributed by atoms with Gasteiger partial charge in [0.05, 0.1) is 23.3 Å². The number of nitrogens with zero attached hydrogens (tertiary/aromatic N) is 1. The van der Waals surface area contributed by atoms with Gasteiger partial charge in [-0.15, -0.1) is 0 Å². The van der Waals surface area contributed by atoms with E-state index in [9.17, 15) is 9.59 Å². The molecule has 28 heavy (non-hydrogen) atoms. The smallest absolute Gasteiger partial charge is 0.257 e. The fraction of sp³-hybridized carbons (Fsp3) is 0.0952. The van der Waals surface area contributed by atoms with Crippen LogP contribution in [-0.2, 0) is 0 Å². The molecule has 3 aromatic rings. The van der Waals surface area contributed by atoms with Crippen LogP contribution in [0.1, 0.15) is 26.3 Å². The molecule has 0 atom stereocenters. The molecule has 6 nitrogen and oxygen atoms in total. The Bertz CT molecular complexity index is 1020. The molecule has 0 aliphatic carbocycles. The molecular weight excluding hydrogens is 378 g/mol. The summed E-state index contributed by atoms with van der Waals surface area (Å²) in [6.45, 7) is 1.97. The quantitative estimate of drug-likeness (QED) is 0.663. The Balaban J connectivity index is 1.73. The topological polar surface area (TPSA) is 80.3 Å². The lowest BCUT2D eigenvalue weighted by Crippen LogP contribution is -2.16. The maximum absolute atomic E-state index is 12.5. The maximum atomic E-state index is 12.5. The Morgan fingerprint density at radius 1 is 0.893 bits per heavy atom. The first-order valence-electron chi connectivity index (χ1n) is 8.44. The summed E-state index contributed by atoms with van der Waals surface area (Å²) >= 11 is 6.07. The standard InChI is InChI=1S/C21H18ClN3O3/c1-13-3-5-16(6-4-13)24-20(26)14-9-15(12-23-11-14)21(27)25-17-7-8-19(28-2)18(22)10-17/h3-12H,1-2H3,(H,24,26)(H,25,27). The van der Waals surface area contributed by atoms with E-state index in [1.807, 2.05) is 31.2 Å². The highest BCUT2D eigenvalue weighted by Crippen LogP contribution is 2.27. The average Bonchev–Trinajstić information content (AvgIpc) is 2.70. The number of pyridine rings is 1. The van der Waals surface area contributed by atoms with Crippen LogP contribution in [0, 0.1) is 6.92 Å². The molecule has 0 aliphatic heterocycles. The van der Waals surface area contributed by atoms with Crippen molar-refractivity contribution in [3.05, 3.63) is 82.6 Å². The number of carbonyl (C=O) groups excluding carboxylic acids is 2. The zero-order valence-corrected chi connectivity index (χ0v) is 16.1. The highest BCUT2D eigenvalue weighted by atomic mass is 35.5. The number of amides is 2. The molecule has 2 aromatic carbocycles. The van der Waals surface area contributed by atoms with Crippen molar-refractivity contribution in [2.24, 2.45) is 0 Å². The number of nitrogens with one attached hydrogen (secondary N) is 2. The van der Waals surface area contributed by atoms with Gasteiger partial charge in [0.15, 0.2) is 0 Å². The van der Waals surface area contributed by atoms with Crippen molar-refractivity contribution >= 4 is 34.8 Å². The number of aromatic nitrogens is 1. The average molecular weight is 396 g/mol. The Morgan fingerprint density at radius 2 is 1.46 bits per heavy atom. The first-order valence-corrected chi connectivity index (χ1v) is 8.82. The summed E-state index contributed by atoms with van der Waals surface area (Å²) in [5.41, 5.74) is 2.80. The molecule has 0 aliphatic rings. The van der Waals surface area contributed by atoms with E-state index in [1.54, 1.807) is 18.2 Å². The Kier molecular flexibility index (Phi) is 5.91. The lowest BCUT2D eigenvalue weighted by atomic mass is 10.1. The van der Waals surface area contributed by atoms with Gasteiger partial charge in [0.1, 0.15) is 5.75 Å². The Labute approximate surface area is 167 Å². The minimum atomic E-state index is -0.404. The lowest BCUT2D eigenvalue weighted by molar-refractivity contribution is 0.102. The van der Waals surface area contributed by atoms with Crippen LogP contribution in [-0.4, -0.2) is 23.9 Å². The second-order valence-electron chi connectivity index (χ2n) is 6.09. The molecule has 0 spiro atoms. The predicted octanol–water partition coefficient (Wildman–Crippen LogP) is 4.56. The van der Waals surface area contributed by atoms with Crippen LogP contribution in [0.15, 0.2) is 60.9 Å². The minimum absolute atomic E-state index is 0.253. The predicted molar refractivity (Wildman–Crippen MR) is 109 cm³/mol. The van der Waals surface area contributed by atoms with Gasteiger partial charge in [0.25, 0.3) is 11.8 Å². The minimum Gasteiger partial charge on any atom is -0.495 e. The summed E-state index contributed by atoms with van der Waals surface area (Å²) in [6, 6.07) is 13.8. The van der Waals surface area contributed by atoms with Gasteiger partial charge in [-0.3, -0.25) is 14.6 Å². The molecule has 0 saturated heterocycles. The molecule has 2 amide bonds. The number of benzene rings is 2. The SMILES string of the molecule is COc1ccc(NC(=O)c2cncc(C(=O)Nc3ccc(C)cc3)c2)cc1Cl. The van der Waals surface area contributed by atoms with Crippen molar-refractivity contribution in [1.82, 2.24) is 4.98 Å². The van der Waals surface area contributed by atoms with Gasteiger partial charge in [-0.05, 0) is 43.3 Å². The molecule has 2 N–H and O–H groups in total. The fourth-order valence-electron chi connectivity index (χ4n) is 2.48. The molecule has 0 fully saturated rings. The molecule has 0 bridgehead atoms. The van der Waals surface area contributed by atoms with Gasteiger partial charge in [-0.25, -0.2) is 0 Å². The molecular formula is C21H18ClN3O3. The molecule has 0 saturated carbocycles. The van der Waals surface area contributed by atoms with Crippen LogP contribution in [0.4, 0.5) is 11.4 Å². The Morgan fingerprint density at radius 3 is 2.04 bits per heavy atom. The van der Waals surface area contributed by atoms with Gasteiger partial charge < -0.3 is 15.4 Å². The highest BCUT2D eigenvalue weighted by Gasteiger charge is 2.13. The van der Waals surface area contributed by atoms with Gasteiger partial charge in [0, 0.05) is 23.8 Å². The van der Waals surface area contributed by atoms with Crippen LogP contribution in [0.5, 0.6) is 5.75 Å². The second kappa shape index (κ2) is 8.54. The summed E-state index contributed by atoms with van der Waals surface area (Å²) in [4.78, 5) is 28.9. The summed E-state index contributed by atoms with van der Waals surface area (Å²) < 4.78 is 5.09. The van der Waals surface area contributed by atoms with E-state index in [0.717, 1.165) is 5.56 Å². The van der Waals surface area contributed by atoms with Crippen molar-refractivity contribution in [2.45, 2.75) is 6.92 Å². The van der Waals surface area contributed by atoms with Crippen LogP contribution < -0.4 is 15.4 Å². The monoisotopic (exact) mass is 395 g/mol. The van der Waals surface area contributed by atoms with Crippen molar-refractivity contribution in [3.63, 3.8) is 0 Å². The number of aryl methyl sites for hydroxylation is 1. The number of methoxy groups -OCH3 is 1. The summed E-state index contributed by atoms with van der Waals surface area (Å²) in [5.74, 6) is -0.242. The zero-order valence-electron chi connectivity index (χ0n) is 15.3. The molecule has 0 unspecified atom stereocenters. The third-order valence-corrected chi connectivity index (χ3v) is 4.28. The van der Waals surface area contributed by atoms with Gasteiger partial charge in [0.2, 0.25) is 0 Å². The third kappa shape index (κ3) is 4.66. The largest absolute Gasteiger partial charge is 0.495 e. The third-order valence-electron chi connectivity index (χ3n) is 3.98. The molecule has 1 aromatic heterocycles. The normalized spacial score (nSPS) is 10.2. The van der Waals surface area contributed by atoms with E-state index in [0.29, 0.717) is 22.1 Å². The van der Waals surface area contributed by atoms with Crippen LogP contribution >= 0.6 is 11.6 Å². The molecule has 0 radical (unpaired) electrons. The first-order chi connectivity index (χ1) is 13.5. The van der Waals surface area contributed by atoms with E-state index >= 15 is 0 Å². The van der Waals surface area contributed by atoms with Gasteiger partial charge >= 0.3 is 0 Å². The molecule has 1 heterocycles. The molecule has 7 heteroatoms. The molecule has 3 rings (SSSR count). The van der Waals surface area contributed by atoms with Crippen molar-refractivity contribution < 1.29 is 14.3 Å². The Hall–Kier alpha value is -3.38. The maximum Gasteiger partial charge on any atom is 0.257 e. The number of ether oxygens (including phenoxy) is 1. The highest BCUT2D eigenvalue weighted by molar-refractivity contribution is 6.32. The number of hydrogen-bond donors (Lipinski definition) is 2. The summed E-state index contributed by atoms with van der Waals surface area (Å²) in [6.07, 6.45) is 2.80. The second-order valence-corrected chi connectivity index (χ2v) is 6.49. The van der Waals surface area contributed by atoms with E-state index < -0.39 is 5.91 Å². The first kappa shape index (κ1) is 19.4. The number of halogens is 1. The van der Waals surface area contributed by atoms with E-state index in [1.165, 1.54) is 25.6 Å². The van der Waals surface area contributed by atoms with E-state index in [-0.39, 0.29) is 17.0 Å². The van der Waals surface area contributed by atoms with E-state index in [2.05, 4.69) is 15.6 Å². The lowest BCUT2D eigenvalue weighted by Gasteiger charge is -2.09. The number of hydrogen-bond acceptors (Lipinski definition) is 4. The van der Waals surface area contributed by atoms with Crippen LogP contribution in [0.25, 0.3) is 0 Å². The zero-order chi connectivity index (χ0) is 20.1. The van der Waals surface area contributed by atoms with Crippen molar-refractivity contribution in [2.75, 3.05) is 17.7 Å². The number of carbonyl (C=O) groups is 2. The summed E-state index contributed by atoms with van der Waals surface area (Å²) in [5, 5.41) is 5.88. The summed E-state index contributed by atoms with van der Waals surface area (Å²) in [7, 11) is 1.51. The number of anilines is 2. The van der Waals surface area contributed by atoms with Crippen molar-refractivity contribution in [1.29, 1.82) is 0 Å². The van der Waals surface area contributed by atoms with E-state index in [4.69, 9.17) is 16.3 Å².